The van der Waals surface area contributed by atoms with Crippen molar-refractivity contribution in [3.63, 3.8) is 0 Å². The number of hydrogen-bond acceptors (Lipinski definition) is 4. The zero-order valence-corrected chi connectivity index (χ0v) is 14.9. The average Bonchev–Trinajstić information content (AvgIpc) is 3.26. The number of rotatable bonds is 6. The van der Waals surface area contributed by atoms with Crippen LogP contribution in [0.3, 0.4) is 0 Å². The fourth-order valence-corrected chi connectivity index (χ4v) is 4.35. The zero-order valence-electron chi connectivity index (χ0n) is 14.1. The molecule has 0 unspecified atom stereocenters. The second-order valence-electron chi connectivity index (χ2n) is 6.89. The number of benzene rings is 1. The smallest absolute Gasteiger partial charge is 0.230 e. The Labute approximate surface area is 143 Å². The van der Waals surface area contributed by atoms with Crippen molar-refractivity contribution in [1.29, 1.82) is 0 Å². The monoisotopic (exact) mass is 352 g/mol. The van der Waals surface area contributed by atoms with Crippen molar-refractivity contribution in [2.45, 2.75) is 24.3 Å². The number of nitrogens with zero attached hydrogens (tertiary/aromatic N) is 1. The summed E-state index contributed by atoms with van der Waals surface area (Å²) in [5, 5.41) is 3.04. The number of carbonyl (C=O) groups excluding carboxylic acids is 1. The number of amides is 1. The molecule has 0 radical (unpaired) electrons. The van der Waals surface area contributed by atoms with Gasteiger partial charge in [0, 0.05) is 20.0 Å². The highest BCUT2D eigenvalue weighted by molar-refractivity contribution is 7.89. The molecule has 1 aliphatic heterocycles. The van der Waals surface area contributed by atoms with Crippen LogP contribution in [0.5, 0.6) is 0 Å². The third kappa shape index (κ3) is 3.34. The Morgan fingerprint density at radius 2 is 1.92 bits per heavy atom. The van der Waals surface area contributed by atoms with E-state index in [0.29, 0.717) is 13.2 Å². The average molecular weight is 352 g/mol. The molecule has 7 heteroatoms. The molecule has 24 heavy (non-hydrogen) atoms. The Morgan fingerprint density at radius 3 is 2.50 bits per heavy atom. The molecule has 6 nitrogen and oxygen atoms in total. The van der Waals surface area contributed by atoms with E-state index in [4.69, 9.17) is 4.74 Å². The van der Waals surface area contributed by atoms with E-state index in [2.05, 4.69) is 5.32 Å². The lowest BCUT2D eigenvalue weighted by molar-refractivity contribution is -0.124. The maximum Gasteiger partial charge on any atom is 0.230 e. The summed E-state index contributed by atoms with van der Waals surface area (Å²) in [4.78, 5) is 12.8. The van der Waals surface area contributed by atoms with Crippen LogP contribution in [0.2, 0.25) is 0 Å². The fourth-order valence-electron chi connectivity index (χ4n) is 3.18. The number of nitrogens with one attached hydrogen (secondary N) is 1. The molecule has 1 amide bonds. The Hall–Kier alpha value is -1.44. The van der Waals surface area contributed by atoms with Gasteiger partial charge < -0.3 is 10.1 Å². The highest BCUT2D eigenvalue weighted by Gasteiger charge is 2.52. The van der Waals surface area contributed by atoms with Crippen molar-refractivity contribution in [1.82, 2.24) is 9.62 Å². The van der Waals surface area contributed by atoms with Gasteiger partial charge >= 0.3 is 0 Å². The van der Waals surface area contributed by atoms with Crippen molar-refractivity contribution in [2.75, 3.05) is 33.1 Å². The van der Waals surface area contributed by atoms with Gasteiger partial charge in [-0.2, -0.15) is 0 Å². The highest BCUT2D eigenvalue weighted by atomic mass is 32.2. The molecule has 1 saturated carbocycles. The van der Waals surface area contributed by atoms with Crippen LogP contribution in [0.25, 0.3) is 0 Å². The predicted molar refractivity (Wildman–Crippen MR) is 91.1 cm³/mol. The van der Waals surface area contributed by atoms with Crippen LogP contribution in [0, 0.1) is 5.92 Å². The Bertz CT molecular complexity index is 699. The highest BCUT2D eigenvalue weighted by Crippen LogP contribution is 2.48. The van der Waals surface area contributed by atoms with Crippen LogP contribution in [-0.2, 0) is 25.0 Å². The first-order valence-corrected chi connectivity index (χ1v) is 9.80. The van der Waals surface area contributed by atoms with Crippen LogP contribution in [-0.4, -0.2) is 57.7 Å². The van der Waals surface area contributed by atoms with Gasteiger partial charge in [0.15, 0.2) is 0 Å². The third-order valence-corrected chi connectivity index (χ3v) is 6.97. The van der Waals surface area contributed by atoms with Gasteiger partial charge in [-0.25, -0.2) is 12.7 Å². The molecule has 2 fully saturated rings. The maximum absolute atomic E-state index is 12.8. The van der Waals surface area contributed by atoms with Crippen molar-refractivity contribution in [2.24, 2.45) is 5.92 Å². The van der Waals surface area contributed by atoms with Crippen molar-refractivity contribution in [3.05, 3.63) is 35.9 Å². The Morgan fingerprint density at radius 1 is 1.25 bits per heavy atom. The number of ether oxygens (including phenoxy) is 1. The lowest BCUT2D eigenvalue weighted by atomic mass is 9.94. The topological polar surface area (TPSA) is 75.7 Å². The van der Waals surface area contributed by atoms with Crippen LogP contribution in [0.1, 0.15) is 18.4 Å². The van der Waals surface area contributed by atoms with E-state index in [1.165, 1.54) is 18.4 Å². The van der Waals surface area contributed by atoms with E-state index in [-0.39, 0.29) is 23.6 Å². The fraction of sp³-hybridized carbons (Fsp3) is 0.588. The zero-order chi connectivity index (χ0) is 17.4. The summed E-state index contributed by atoms with van der Waals surface area (Å²) in [6.45, 7) is 0.723. The normalized spacial score (nSPS) is 25.6. The van der Waals surface area contributed by atoms with Gasteiger partial charge in [-0.1, -0.05) is 30.3 Å². The van der Waals surface area contributed by atoms with Crippen LogP contribution < -0.4 is 5.32 Å². The largest absolute Gasteiger partial charge is 0.379 e. The molecule has 1 aromatic carbocycles. The van der Waals surface area contributed by atoms with E-state index in [1.807, 2.05) is 30.3 Å². The minimum absolute atomic E-state index is 0.0106. The molecule has 0 bridgehead atoms. The minimum atomic E-state index is -3.32. The minimum Gasteiger partial charge on any atom is -0.379 e. The molecule has 1 heterocycles. The van der Waals surface area contributed by atoms with Crippen molar-refractivity contribution >= 4 is 15.9 Å². The van der Waals surface area contributed by atoms with Gasteiger partial charge in [0.2, 0.25) is 15.9 Å². The molecular formula is C17H24N2O4S. The lowest BCUT2D eigenvalue weighted by Gasteiger charge is -2.24. The summed E-state index contributed by atoms with van der Waals surface area (Å²) in [5.74, 6) is -0.243. The van der Waals surface area contributed by atoms with Crippen LogP contribution in [0.4, 0.5) is 0 Å². The first-order chi connectivity index (χ1) is 11.3. The van der Waals surface area contributed by atoms with Crippen molar-refractivity contribution < 1.29 is 17.9 Å². The Balaban J connectivity index is 1.68. The summed E-state index contributed by atoms with van der Waals surface area (Å²) in [6, 6.07) is 9.51. The molecule has 0 aromatic heterocycles. The van der Waals surface area contributed by atoms with Gasteiger partial charge in [-0.05, 0) is 18.4 Å². The first kappa shape index (κ1) is 17.4. The number of hydrogen-bond donors (Lipinski definition) is 1. The summed E-state index contributed by atoms with van der Waals surface area (Å²) < 4.78 is 30.9. The lowest BCUT2D eigenvalue weighted by Crippen LogP contribution is -2.47. The van der Waals surface area contributed by atoms with Gasteiger partial charge in [-0.3, -0.25) is 4.79 Å². The summed E-state index contributed by atoms with van der Waals surface area (Å²) in [7, 11) is -0.278. The predicted octanol–water partition coefficient (Wildman–Crippen LogP) is 0.741. The van der Waals surface area contributed by atoms with Crippen molar-refractivity contribution in [3.8, 4) is 0 Å². The quantitative estimate of drug-likeness (QED) is 0.819. The van der Waals surface area contributed by atoms with Gasteiger partial charge in [-0.15, -0.1) is 0 Å². The molecular weight excluding hydrogens is 328 g/mol. The van der Waals surface area contributed by atoms with Gasteiger partial charge in [0.05, 0.1) is 30.4 Å². The second-order valence-corrected chi connectivity index (χ2v) is 9.11. The molecule has 3 rings (SSSR count). The number of sulfonamides is 1. The van der Waals surface area contributed by atoms with E-state index in [9.17, 15) is 13.2 Å². The van der Waals surface area contributed by atoms with Gasteiger partial charge in [0.25, 0.3) is 0 Å². The SMILES string of the molecule is CN(C)S(=O)(=O)C[C@@H]1COC[C@H]1NC(=O)C1(c2ccccc2)CC1. The molecule has 1 aliphatic carbocycles. The summed E-state index contributed by atoms with van der Waals surface area (Å²) in [5.41, 5.74) is 0.577. The molecule has 1 aromatic rings. The van der Waals surface area contributed by atoms with E-state index in [0.717, 1.165) is 18.4 Å². The molecule has 2 aliphatic rings. The summed E-state index contributed by atoms with van der Waals surface area (Å²) >= 11 is 0. The second kappa shape index (κ2) is 6.46. The van der Waals surface area contributed by atoms with Gasteiger partial charge in [0.1, 0.15) is 0 Å². The standard InChI is InChI=1S/C17H24N2O4S/c1-19(2)24(21,22)12-13-10-23-11-15(13)18-16(20)17(8-9-17)14-6-4-3-5-7-14/h3-7,13,15H,8-12H2,1-2H3,(H,18,20)/t13-,15+/m0/s1. The molecule has 1 N–H and O–H groups in total. The molecule has 132 valence electrons. The van der Waals surface area contributed by atoms with E-state index in [1.54, 1.807) is 0 Å². The maximum atomic E-state index is 12.8. The van der Waals surface area contributed by atoms with E-state index < -0.39 is 15.4 Å². The first-order valence-electron chi connectivity index (χ1n) is 8.20. The molecule has 2 atom stereocenters. The Kier molecular flexibility index (Phi) is 4.68. The molecule has 0 spiro atoms. The van der Waals surface area contributed by atoms with E-state index >= 15 is 0 Å². The molecule has 1 saturated heterocycles. The van der Waals surface area contributed by atoms with Crippen LogP contribution in [0.15, 0.2) is 30.3 Å². The summed E-state index contributed by atoms with van der Waals surface area (Å²) in [6.07, 6.45) is 1.66. The third-order valence-electron chi connectivity index (χ3n) is 5.01. The number of carbonyl (C=O) groups is 1. The van der Waals surface area contributed by atoms with Crippen LogP contribution >= 0.6 is 0 Å².